The van der Waals surface area contributed by atoms with Crippen LogP contribution in [0.2, 0.25) is 0 Å². The Bertz CT molecular complexity index is 902. The number of benzene rings is 2. The van der Waals surface area contributed by atoms with E-state index in [1.165, 1.54) is 36.4 Å². The number of rotatable bonds is 4. The normalized spacial score (nSPS) is 11.5. The van der Waals surface area contributed by atoms with Gasteiger partial charge in [0.15, 0.2) is 0 Å². The van der Waals surface area contributed by atoms with Gasteiger partial charge >= 0.3 is 0 Å². The van der Waals surface area contributed by atoms with Crippen LogP contribution in [0, 0.1) is 5.82 Å². The zero-order valence-electron chi connectivity index (χ0n) is 12.1. The van der Waals surface area contributed by atoms with Crippen LogP contribution in [0.15, 0.2) is 53.1 Å². The van der Waals surface area contributed by atoms with Crippen molar-refractivity contribution in [3.05, 3.63) is 71.4 Å². The van der Waals surface area contributed by atoms with E-state index in [1.807, 2.05) is 0 Å². The topological polar surface area (TPSA) is 79.0 Å². The van der Waals surface area contributed by atoms with Crippen LogP contribution < -0.4 is 5.11 Å². The molecule has 0 aliphatic rings. The van der Waals surface area contributed by atoms with Crippen LogP contribution in [0.1, 0.15) is 21.8 Å². The SMILES string of the molecule is O=C([O-])c1ccc(/C=C(\Cl)c2nc(-c3ccc(F)cc3)no2)cc1. The lowest BCUT2D eigenvalue weighted by molar-refractivity contribution is -0.255. The van der Waals surface area contributed by atoms with E-state index in [2.05, 4.69) is 10.1 Å². The number of aromatic nitrogens is 2. The first-order valence-electron chi connectivity index (χ1n) is 6.81. The van der Waals surface area contributed by atoms with Crippen LogP contribution >= 0.6 is 11.6 Å². The predicted molar refractivity (Wildman–Crippen MR) is 84.2 cm³/mol. The molecule has 0 saturated heterocycles. The molecule has 2 aromatic carbocycles. The highest BCUT2D eigenvalue weighted by Gasteiger charge is 2.11. The summed E-state index contributed by atoms with van der Waals surface area (Å²) >= 11 is 6.15. The molecular formula is C17H9ClFN2O3-. The van der Waals surface area contributed by atoms with Crippen LogP contribution in [-0.4, -0.2) is 16.1 Å². The molecular weight excluding hydrogens is 335 g/mol. The highest BCUT2D eigenvalue weighted by Crippen LogP contribution is 2.24. The van der Waals surface area contributed by atoms with Crippen molar-refractivity contribution in [2.75, 3.05) is 0 Å². The smallest absolute Gasteiger partial charge is 0.269 e. The van der Waals surface area contributed by atoms with Gasteiger partial charge in [-0.1, -0.05) is 41.0 Å². The molecule has 24 heavy (non-hydrogen) atoms. The van der Waals surface area contributed by atoms with E-state index in [1.54, 1.807) is 18.2 Å². The second kappa shape index (κ2) is 6.64. The highest BCUT2D eigenvalue weighted by atomic mass is 35.5. The molecule has 3 aromatic rings. The lowest BCUT2D eigenvalue weighted by Crippen LogP contribution is -2.21. The molecule has 5 nitrogen and oxygen atoms in total. The third-order valence-electron chi connectivity index (χ3n) is 3.17. The number of halogens is 2. The summed E-state index contributed by atoms with van der Waals surface area (Å²) in [7, 11) is 0. The monoisotopic (exact) mass is 343 g/mol. The van der Waals surface area contributed by atoms with Crippen molar-refractivity contribution >= 4 is 28.7 Å². The molecule has 0 radical (unpaired) electrons. The van der Waals surface area contributed by atoms with Gasteiger partial charge in [-0.3, -0.25) is 0 Å². The Kier molecular flexibility index (Phi) is 4.39. The average Bonchev–Trinajstić information content (AvgIpc) is 3.06. The van der Waals surface area contributed by atoms with Crippen molar-refractivity contribution in [3.63, 3.8) is 0 Å². The summed E-state index contributed by atoms with van der Waals surface area (Å²) in [4.78, 5) is 14.9. The summed E-state index contributed by atoms with van der Waals surface area (Å²) in [5.74, 6) is -1.23. The lowest BCUT2D eigenvalue weighted by Gasteiger charge is -2.01. The van der Waals surface area contributed by atoms with Crippen molar-refractivity contribution < 1.29 is 18.8 Å². The first-order chi connectivity index (χ1) is 11.5. The van der Waals surface area contributed by atoms with Crippen LogP contribution in [0.4, 0.5) is 4.39 Å². The Morgan fingerprint density at radius 2 is 1.79 bits per heavy atom. The Morgan fingerprint density at radius 1 is 1.12 bits per heavy atom. The first-order valence-corrected chi connectivity index (χ1v) is 7.19. The van der Waals surface area contributed by atoms with Gasteiger partial charge in [-0.2, -0.15) is 4.98 Å². The second-order valence-corrected chi connectivity index (χ2v) is 5.24. The number of carbonyl (C=O) groups is 1. The molecule has 0 saturated carbocycles. The quantitative estimate of drug-likeness (QED) is 0.727. The molecule has 0 aliphatic heterocycles. The fourth-order valence-corrected chi connectivity index (χ4v) is 2.16. The molecule has 0 aliphatic carbocycles. The first kappa shape index (κ1) is 15.9. The zero-order chi connectivity index (χ0) is 17.1. The number of carboxylic acids is 1. The van der Waals surface area contributed by atoms with E-state index in [9.17, 15) is 14.3 Å². The second-order valence-electron chi connectivity index (χ2n) is 4.83. The van der Waals surface area contributed by atoms with E-state index in [0.29, 0.717) is 11.1 Å². The summed E-state index contributed by atoms with van der Waals surface area (Å²) in [6.07, 6.45) is 1.56. The maximum atomic E-state index is 12.9. The fourth-order valence-electron chi connectivity index (χ4n) is 1.96. The maximum Gasteiger partial charge on any atom is 0.269 e. The Hall–Kier alpha value is -2.99. The minimum absolute atomic E-state index is 0.0691. The lowest BCUT2D eigenvalue weighted by atomic mass is 10.1. The van der Waals surface area contributed by atoms with Crippen molar-refractivity contribution in [1.29, 1.82) is 0 Å². The highest BCUT2D eigenvalue weighted by molar-refractivity contribution is 6.50. The van der Waals surface area contributed by atoms with Crippen molar-refractivity contribution in [1.82, 2.24) is 10.1 Å². The average molecular weight is 344 g/mol. The molecule has 0 spiro atoms. The van der Waals surface area contributed by atoms with E-state index in [0.717, 1.165) is 0 Å². The standard InChI is InChI=1S/C17H10ClFN2O3/c18-14(9-10-1-3-12(4-2-10)17(22)23)16-20-15(21-24-16)11-5-7-13(19)8-6-11/h1-9H,(H,22,23)/p-1/b14-9-. The number of carboxylic acid groups (broad SMARTS) is 1. The summed E-state index contributed by atoms with van der Waals surface area (Å²) in [6, 6.07) is 11.6. The van der Waals surface area contributed by atoms with Crippen molar-refractivity contribution in [2.45, 2.75) is 0 Å². The van der Waals surface area contributed by atoms with Gasteiger partial charge in [0, 0.05) is 5.56 Å². The number of aromatic carboxylic acids is 1. The minimum atomic E-state index is -1.25. The largest absolute Gasteiger partial charge is 0.545 e. The van der Waals surface area contributed by atoms with E-state index in [4.69, 9.17) is 16.1 Å². The number of nitrogens with zero attached hydrogens (tertiary/aromatic N) is 2. The molecule has 0 N–H and O–H groups in total. The molecule has 0 unspecified atom stereocenters. The van der Waals surface area contributed by atoms with Gasteiger partial charge in [0.2, 0.25) is 5.82 Å². The summed E-state index contributed by atoms with van der Waals surface area (Å²) in [5.41, 5.74) is 1.32. The van der Waals surface area contributed by atoms with E-state index < -0.39 is 5.97 Å². The molecule has 3 rings (SSSR count). The van der Waals surface area contributed by atoms with Gasteiger partial charge in [0.25, 0.3) is 5.89 Å². The van der Waals surface area contributed by atoms with Gasteiger partial charge in [-0.25, -0.2) is 4.39 Å². The number of hydrogen-bond acceptors (Lipinski definition) is 5. The van der Waals surface area contributed by atoms with Crippen LogP contribution in [0.3, 0.4) is 0 Å². The Morgan fingerprint density at radius 3 is 2.42 bits per heavy atom. The molecule has 1 aromatic heterocycles. The van der Waals surface area contributed by atoms with Crippen molar-refractivity contribution in [2.24, 2.45) is 0 Å². The molecule has 7 heteroatoms. The zero-order valence-corrected chi connectivity index (χ0v) is 12.8. The third-order valence-corrected chi connectivity index (χ3v) is 3.44. The van der Waals surface area contributed by atoms with E-state index >= 15 is 0 Å². The molecule has 0 bridgehead atoms. The van der Waals surface area contributed by atoms with Gasteiger partial charge in [-0.05, 0) is 41.5 Å². The van der Waals surface area contributed by atoms with Gasteiger partial charge in [-0.15, -0.1) is 0 Å². The number of carbonyl (C=O) groups excluding carboxylic acids is 1. The third kappa shape index (κ3) is 3.49. The Balaban J connectivity index is 1.83. The summed E-state index contributed by atoms with van der Waals surface area (Å²) in [6.45, 7) is 0. The predicted octanol–water partition coefficient (Wildman–Crippen LogP) is 2.98. The van der Waals surface area contributed by atoms with Crippen LogP contribution in [0.25, 0.3) is 22.5 Å². The van der Waals surface area contributed by atoms with Crippen LogP contribution in [0.5, 0.6) is 0 Å². The fraction of sp³-hybridized carbons (Fsp3) is 0. The summed E-state index contributed by atoms with van der Waals surface area (Å²) in [5, 5.41) is 14.7. The molecule has 0 atom stereocenters. The van der Waals surface area contributed by atoms with Crippen molar-refractivity contribution in [3.8, 4) is 11.4 Å². The number of hydrogen-bond donors (Lipinski definition) is 0. The molecule has 120 valence electrons. The van der Waals surface area contributed by atoms with Gasteiger partial charge < -0.3 is 14.4 Å². The maximum absolute atomic E-state index is 12.9. The summed E-state index contributed by atoms with van der Waals surface area (Å²) < 4.78 is 18.0. The molecule has 1 heterocycles. The molecule has 0 fully saturated rings. The van der Waals surface area contributed by atoms with Gasteiger partial charge in [0.1, 0.15) is 10.8 Å². The minimum Gasteiger partial charge on any atom is -0.545 e. The Labute approximate surface area is 141 Å². The van der Waals surface area contributed by atoms with Crippen LogP contribution in [-0.2, 0) is 0 Å². The van der Waals surface area contributed by atoms with E-state index in [-0.39, 0.29) is 28.1 Å². The van der Waals surface area contributed by atoms with Gasteiger partial charge in [0.05, 0.1) is 5.97 Å². The molecule has 0 amide bonds.